The summed E-state index contributed by atoms with van der Waals surface area (Å²) in [4.78, 5) is 85.1. The van der Waals surface area contributed by atoms with Crippen molar-refractivity contribution in [3.8, 4) is 41.3 Å². The van der Waals surface area contributed by atoms with Crippen molar-refractivity contribution in [3.63, 3.8) is 0 Å². The number of aliphatic hydroxyl groups is 1. The Morgan fingerprint density at radius 3 is 1.12 bits per heavy atom. The van der Waals surface area contributed by atoms with E-state index in [1.807, 2.05) is 159 Å². The van der Waals surface area contributed by atoms with Gasteiger partial charge in [-0.25, -0.2) is 9.78 Å². The van der Waals surface area contributed by atoms with Gasteiger partial charge in [0.05, 0.1) is 128 Å². The largest absolute Gasteiger partial charge is 2.00 e. The van der Waals surface area contributed by atoms with Gasteiger partial charge in [-0.15, -0.1) is 31.4 Å². The molecule has 0 atom stereocenters. The Bertz CT molecular complexity index is 5580. The van der Waals surface area contributed by atoms with Crippen LogP contribution in [0.5, 0.6) is 0 Å². The number of ether oxygens (including phenoxy) is 1. The van der Waals surface area contributed by atoms with Gasteiger partial charge in [-0.2, -0.15) is 66.0 Å². The van der Waals surface area contributed by atoms with Gasteiger partial charge < -0.3 is 69.3 Å². The number of hydrogen-bond donors (Lipinski definition) is 3. The van der Waals surface area contributed by atoms with Crippen LogP contribution in [0.3, 0.4) is 0 Å². The SMILES string of the molecule is C=CB1OC(C)(C)C(C)(C)O1.C=Cc1ccc(C#N)cn1.CCN.CCN(CCc1ccc(C#N)cn1)C(=O)c1ccccc1-n1nccn1.CCN(CCc1ccc(C(=O)OC)cn1)C(=O)c1ccccc1-n1nccn1.CCN(CCc1ccc(C(C)(C)O)cn1)C(=O)c1ccccc1-n1nccn1.CCNCCc1ccc(C#N)cn1.Cl.Cl.N#Cc1ccc(Cl)nc1.[Br-].[CH3-].[Mg+2]. The average Bonchev–Trinajstić information content (AvgIpc) is 1.64. The van der Waals surface area contributed by atoms with Gasteiger partial charge in [0, 0.05) is 137 Å². The standard InChI is InChI=1S/C21H25N5O2.C20H21N5O3.C19H18N6O.C10H13N3.C8H15BO2.C8H6N2.C6H3ClN2.C2H7N.CH3.BrH.2ClH.Mg/c1-4-25(14-11-17-10-9-16(15-22-17)21(2,3)28)20(27)18-7-5-6-8-19(18)26-23-12-13-24-26;1-3-24(13-10-16-9-8-15(14-21-16)20(27)28-2)19(26)17-6-4-5-7-18(17)25-22-11-12-23-25;1-2-24(12-9-16-8-7-15(13-20)14-21-16)19(26)17-5-3-4-6-18(17)25-22-10-11-23-25;1-2-12-6-5-10-4-3-9(7-11)8-13-10;1-6-9-10-7(2,3)8(4,5)11-9;1-2-8-4-3-7(5-9)6-10-8;7-6-2-1-5(3-8)4-9-6;1-2-3;;;;;/h5-10,12-13,15,28H,4,11,14H2,1-3H3;4-9,11-12,14H,3,10,13H2,1-2H3;3-8,10-11,14H,2,9,12H2,1H3;3-4,8,12H,2,5-6H2,1H3;6H,1H2,2-5H3;2-4,6H,1H2;1-2,4H;2-3H2,1H3;1H3;3*1H;/q;;;;;;;;-1;;;;+2/p-1. The summed E-state index contributed by atoms with van der Waals surface area (Å²) in [7, 11) is 1.08. The van der Waals surface area contributed by atoms with Gasteiger partial charge in [0.15, 0.2) is 0 Å². The first-order valence-corrected chi connectivity index (χ1v) is 41.6. The molecular weight excluding hydrogens is 1830 g/mol. The van der Waals surface area contributed by atoms with Crippen LogP contribution in [0.15, 0.2) is 239 Å². The number of likely N-dealkylation sites (N-methyl/N-ethyl adjacent to an activating group) is 4. The number of benzene rings is 3. The molecule has 0 spiro atoms. The summed E-state index contributed by atoms with van der Waals surface area (Å²) >= 11 is 5.45. The number of carbonyl (C=O) groups is 4. The summed E-state index contributed by atoms with van der Waals surface area (Å²) in [6.07, 6.45) is 23.1. The molecule has 133 heavy (non-hydrogen) atoms. The van der Waals surface area contributed by atoms with Crippen molar-refractivity contribution in [1.29, 1.82) is 21.0 Å². The summed E-state index contributed by atoms with van der Waals surface area (Å²) in [6, 6.07) is 51.0. The number of halogens is 4. The number of carbonyl (C=O) groups excluding carboxylic acids is 4. The number of amides is 3. The molecule has 13 rings (SSSR count). The summed E-state index contributed by atoms with van der Waals surface area (Å²) in [5, 5.41) is 72.5. The zero-order chi connectivity index (χ0) is 93.4. The smallest absolute Gasteiger partial charge is 1.00 e. The molecule has 1 saturated heterocycles. The number of aromatic nitrogens is 15. The number of nitrogens with zero attached hydrogens (tertiary/aromatic N) is 22. The van der Waals surface area contributed by atoms with E-state index >= 15 is 0 Å². The second-order valence-corrected chi connectivity index (χ2v) is 29.4. The van der Waals surface area contributed by atoms with Gasteiger partial charge in [-0.1, -0.05) is 80.5 Å². The molecule has 1 aliphatic heterocycles. The van der Waals surface area contributed by atoms with Crippen LogP contribution in [0.1, 0.15) is 174 Å². The first-order valence-electron chi connectivity index (χ1n) is 41.2. The van der Waals surface area contributed by atoms with Gasteiger partial charge in [0.2, 0.25) is 0 Å². The predicted octanol–water partition coefficient (Wildman–Crippen LogP) is 11.0. The Morgan fingerprint density at radius 1 is 0.519 bits per heavy atom. The van der Waals surface area contributed by atoms with Gasteiger partial charge in [-0.05, 0) is 185 Å². The van der Waals surface area contributed by atoms with E-state index in [9.17, 15) is 24.3 Å². The minimum atomic E-state index is -0.915. The zero-order valence-electron chi connectivity index (χ0n) is 77.1. The maximum Gasteiger partial charge on any atom is 2.00 e. The third kappa shape index (κ3) is 38.6. The molecule has 9 aromatic heterocycles. The molecule has 38 heteroatoms. The number of rotatable bonds is 26. The normalized spacial score (nSPS) is 11.1. The molecule has 4 N–H and O–H groups in total. The number of para-hydroxylation sites is 3. The molecule has 0 saturated carbocycles. The maximum atomic E-state index is 13.1. The van der Waals surface area contributed by atoms with Crippen LogP contribution in [-0.2, 0) is 45.3 Å². The fourth-order valence-electron chi connectivity index (χ4n) is 11.4. The number of methoxy groups -OCH3 is 1. The molecule has 0 bridgehead atoms. The van der Waals surface area contributed by atoms with Crippen molar-refractivity contribution in [2.24, 2.45) is 5.73 Å². The zero-order valence-corrected chi connectivity index (χ0v) is 82.5. The quantitative estimate of drug-likeness (QED) is 0.0149. The summed E-state index contributed by atoms with van der Waals surface area (Å²) in [5.74, 6) is 1.02. The topological polar surface area (TPSA) is 429 Å². The van der Waals surface area contributed by atoms with Crippen LogP contribution in [0.25, 0.3) is 23.1 Å². The minimum Gasteiger partial charge on any atom is -1.00 e. The van der Waals surface area contributed by atoms with Crippen molar-refractivity contribution in [1.82, 2.24) is 94.9 Å². The third-order valence-corrected chi connectivity index (χ3v) is 19.4. The first-order chi connectivity index (χ1) is 61.6. The average molecular weight is 1940 g/mol. The first kappa shape index (κ1) is 118. The fourth-order valence-corrected chi connectivity index (χ4v) is 11.5. The van der Waals surface area contributed by atoms with Crippen molar-refractivity contribution in [2.75, 3.05) is 66.0 Å². The molecular formula is C95H113BBrCl3MgN24O8. The molecule has 1 aliphatic rings. The number of nitriles is 4. The third-order valence-electron chi connectivity index (χ3n) is 19.2. The number of pyridine rings is 6. The van der Waals surface area contributed by atoms with E-state index in [-0.39, 0.29) is 108 Å². The van der Waals surface area contributed by atoms with Crippen molar-refractivity contribution in [2.45, 2.75) is 119 Å². The molecule has 0 aliphatic carbocycles. The van der Waals surface area contributed by atoms with Crippen LogP contribution in [0.4, 0.5) is 0 Å². The maximum absolute atomic E-state index is 13.1. The molecule has 32 nitrogen and oxygen atoms in total. The number of nitrogens with two attached hydrogens (primary N) is 1. The van der Waals surface area contributed by atoms with Crippen molar-refractivity contribution < 1.29 is 55.3 Å². The van der Waals surface area contributed by atoms with Gasteiger partial charge in [-0.3, -0.25) is 39.3 Å². The van der Waals surface area contributed by atoms with Crippen LogP contribution < -0.4 is 28.0 Å². The van der Waals surface area contributed by atoms with E-state index in [2.05, 4.69) is 90.6 Å². The van der Waals surface area contributed by atoms with Gasteiger partial charge >= 0.3 is 36.1 Å². The second kappa shape index (κ2) is 62.6. The Labute approximate surface area is 823 Å². The molecule has 10 heterocycles. The Morgan fingerprint density at radius 2 is 0.850 bits per heavy atom. The van der Waals surface area contributed by atoms with E-state index in [1.165, 1.54) is 40.1 Å². The van der Waals surface area contributed by atoms with Crippen LogP contribution in [-0.4, -0.2) is 226 Å². The van der Waals surface area contributed by atoms with Crippen LogP contribution in [0, 0.1) is 52.8 Å². The Hall–Kier alpha value is -12.7. The van der Waals surface area contributed by atoms with Gasteiger partial charge in [0.25, 0.3) is 17.7 Å². The fraction of sp³-hybridized carbons (Fsp3) is 0.295. The molecule has 3 aromatic carbocycles. The van der Waals surface area contributed by atoms with E-state index in [0.29, 0.717) is 125 Å². The van der Waals surface area contributed by atoms with Crippen LogP contribution in [0.2, 0.25) is 5.15 Å². The predicted molar refractivity (Wildman–Crippen MR) is 516 cm³/mol. The summed E-state index contributed by atoms with van der Waals surface area (Å²) < 4.78 is 15.8. The molecule has 1 fully saturated rings. The number of esters is 1. The monoisotopic (exact) mass is 1940 g/mol. The molecule has 0 radical (unpaired) electrons. The van der Waals surface area contributed by atoms with E-state index in [1.54, 1.807) is 163 Å². The number of nitrogens with one attached hydrogen (secondary N) is 1. The van der Waals surface area contributed by atoms with Crippen LogP contribution >= 0.6 is 36.4 Å². The van der Waals surface area contributed by atoms with Gasteiger partial charge in [0.1, 0.15) is 29.4 Å². The Kier molecular flexibility index (Phi) is 55.7. The van der Waals surface area contributed by atoms with E-state index < -0.39 is 11.6 Å². The molecule has 694 valence electrons. The minimum absolute atomic E-state index is 0. The molecule has 3 amide bonds. The second-order valence-electron chi connectivity index (χ2n) is 29.0. The van der Waals surface area contributed by atoms with Crippen molar-refractivity contribution in [3.05, 3.63) is 330 Å². The summed E-state index contributed by atoms with van der Waals surface area (Å²) in [6.45, 7) is 34.5. The van der Waals surface area contributed by atoms with E-state index in [0.717, 1.165) is 60.1 Å². The molecule has 0 unspecified atom stereocenters. The Balaban J connectivity index is 0.000000799. The summed E-state index contributed by atoms with van der Waals surface area (Å²) in [5.41, 5.74) is 14.8. The number of hydrogen-bond acceptors (Lipinski definition) is 26. The van der Waals surface area contributed by atoms with E-state index in [4.69, 9.17) is 47.7 Å². The van der Waals surface area contributed by atoms with Crippen molar-refractivity contribution >= 4 is 96.4 Å². The molecule has 12 aromatic rings.